The number of hydrogen-bond acceptors (Lipinski definition) is 6. The number of para-hydroxylation sites is 1. The molecule has 2 aliphatic rings. The maximum Gasteiger partial charge on any atom is 0.375 e. The van der Waals surface area contributed by atoms with Crippen LogP contribution >= 0.6 is 0 Å². The molecular formula is C16H16O6. The van der Waals surface area contributed by atoms with Crippen molar-refractivity contribution in [2.24, 2.45) is 0 Å². The van der Waals surface area contributed by atoms with Crippen LogP contribution in [0.15, 0.2) is 24.3 Å². The molecule has 116 valence electrons. The summed E-state index contributed by atoms with van der Waals surface area (Å²) in [5.41, 5.74) is -0.749. The average molecular weight is 304 g/mol. The Balaban J connectivity index is 2.22. The number of carbonyl (C=O) groups is 3. The van der Waals surface area contributed by atoms with Crippen LogP contribution < -0.4 is 4.74 Å². The molecule has 1 aliphatic carbocycles. The second kappa shape index (κ2) is 5.21. The molecule has 6 nitrogen and oxygen atoms in total. The summed E-state index contributed by atoms with van der Waals surface area (Å²) < 4.78 is 15.8. The number of rotatable bonds is 3. The summed E-state index contributed by atoms with van der Waals surface area (Å²) in [6.45, 7) is 0. The molecule has 22 heavy (non-hydrogen) atoms. The van der Waals surface area contributed by atoms with E-state index >= 15 is 0 Å². The van der Waals surface area contributed by atoms with Crippen molar-refractivity contribution < 1.29 is 28.6 Å². The van der Waals surface area contributed by atoms with Gasteiger partial charge in [0.15, 0.2) is 0 Å². The standard InChI is InChI=1S/C16H16O6/c1-20-12-7-9(17)8-13-16(12,14(18)15(19)21-2)10-5-3-4-6-11(10)22-13/h3-6,12-13H,7-8H2,1-2H3/t12-,13-,16-/m0/s1. The molecule has 1 saturated carbocycles. The number of ketones is 2. The molecule has 1 fully saturated rings. The van der Waals surface area contributed by atoms with Crippen LogP contribution in [0.1, 0.15) is 18.4 Å². The zero-order valence-corrected chi connectivity index (χ0v) is 12.3. The van der Waals surface area contributed by atoms with Gasteiger partial charge in [-0.3, -0.25) is 9.59 Å². The second-order valence-corrected chi connectivity index (χ2v) is 5.46. The Kier molecular flexibility index (Phi) is 3.48. The van der Waals surface area contributed by atoms with Crippen molar-refractivity contribution in [2.45, 2.75) is 30.5 Å². The van der Waals surface area contributed by atoms with Gasteiger partial charge in [0.1, 0.15) is 23.1 Å². The van der Waals surface area contributed by atoms with Crippen molar-refractivity contribution in [2.75, 3.05) is 14.2 Å². The molecule has 1 aliphatic heterocycles. The predicted octanol–water partition coefficient (Wildman–Crippen LogP) is 0.805. The van der Waals surface area contributed by atoms with E-state index in [1.165, 1.54) is 7.11 Å². The van der Waals surface area contributed by atoms with E-state index in [-0.39, 0.29) is 18.6 Å². The lowest BCUT2D eigenvalue weighted by atomic mass is 9.63. The minimum absolute atomic E-state index is 0.0575. The summed E-state index contributed by atoms with van der Waals surface area (Å²) in [7, 11) is 2.58. The fourth-order valence-electron chi connectivity index (χ4n) is 3.52. The number of methoxy groups -OCH3 is 2. The molecule has 3 atom stereocenters. The highest BCUT2D eigenvalue weighted by Crippen LogP contribution is 2.51. The van der Waals surface area contributed by atoms with E-state index in [1.54, 1.807) is 24.3 Å². The first-order chi connectivity index (χ1) is 10.6. The van der Waals surface area contributed by atoms with Gasteiger partial charge < -0.3 is 14.2 Å². The van der Waals surface area contributed by atoms with Crippen molar-refractivity contribution in [3.05, 3.63) is 29.8 Å². The van der Waals surface area contributed by atoms with E-state index in [0.717, 1.165) is 7.11 Å². The molecule has 0 aromatic heterocycles. The van der Waals surface area contributed by atoms with Crippen molar-refractivity contribution in [3.8, 4) is 5.75 Å². The fraction of sp³-hybridized carbons (Fsp3) is 0.438. The van der Waals surface area contributed by atoms with Crippen molar-refractivity contribution in [1.82, 2.24) is 0 Å². The van der Waals surface area contributed by atoms with E-state index in [4.69, 9.17) is 9.47 Å². The minimum Gasteiger partial charge on any atom is -0.488 e. The van der Waals surface area contributed by atoms with Crippen LogP contribution in [0.25, 0.3) is 0 Å². The van der Waals surface area contributed by atoms with Crippen LogP contribution in [-0.2, 0) is 29.3 Å². The number of Topliss-reactive ketones (excluding diaryl/α,β-unsaturated/α-hetero) is 2. The SMILES string of the molecule is COC(=O)C(=O)[C@]12c3ccccc3O[C@H]1CC(=O)C[C@@H]2OC. The van der Waals surface area contributed by atoms with Crippen LogP contribution in [-0.4, -0.2) is 44.0 Å². The highest BCUT2D eigenvalue weighted by molar-refractivity contribution is 6.38. The third-order valence-electron chi connectivity index (χ3n) is 4.47. The molecule has 3 rings (SSSR count). The van der Waals surface area contributed by atoms with E-state index in [9.17, 15) is 14.4 Å². The first-order valence-corrected chi connectivity index (χ1v) is 6.99. The van der Waals surface area contributed by atoms with E-state index in [0.29, 0.717) is 11.3 Å². The van der Waals surface area contributed by atoms with Gasteiger partial charge in [0.05, 0.1) is 13.2 Å². The minimum atomic E-state index is -1.33. The number of fused-ring (bicyclic) bond motifs is 3. The summed E-state index contributed by atoms with van der Waals surface area (Å²) in [6, 6.07) is 6.99. The van der Waals surface area contributed by atoms with Gasteiger partial charge in [0, 0.05) is 25.5 Å². The Morgan fingerprint density at radius 3 is 2.64 bits per heavy atom. The molecule has 1 heterocycles. The number of esters is 1. The summed E-state index contributed by atoms with van der Waals surface area (Å²) >= 11 is 0. The zero-order chi connectivity index (χ0) is 15.9. The second-order valence-electron chi connectivity index (χ2n) is 5.46. The van der Waals surface area contributed by atoms with Gasteiger partial charge >= 0.3 is 5.97 Å². The predicted molar refractivity (Wildman–Crippen MR) is 74.6 cm³/mol. The quantitative estimate of drug-likeness (QED) is 0.607. The third-order valence-corrected chi connectivity index (χ3v) is 4.47. The molecule has 0 radical (unpaired) electrons. The molecule has 0 bridgehead atoms. The normalized spacial score (nSPS) is 29.3. The van der Waals surface area contributed by atoms with Gasteiger partial charge in [-0.15, -0.1) is 0 Å². The molecule has 0 saturated heterocycles. The lowest BCUT2D eigenvalue weighted by Gasteiger charge is -2.40. The lowest BCUT2D eigenvalue weighted by molar-refractivity contribution is -0.162. The number of hydrogen-bond donors (Lipinski definition) is 0. The lowest BCUT2D eigenvalue weighted by Crippen LogP contribution is -2.60. The van der Waals surface area contributed by atoms with Crippen molar-refractivity contribution >= 4 is 17.5 Å². The summed E-state index contributed by atoms with van der Waals surface area (Å²) in [4.78, 5) is 36.7. The summed E-state index contributed by atoms with van der Waals surface area (Å²) in [5.74, 6) is -1.24. The Morgan fingerprint density at radius 2 is 1.95 bits per heavy atom. The molecule has 0 unspecified atom stereocenters. The van der Waals surface area contributed by atoms with Crippen LogP contribution in [0, 0.1) is 0 Å². The Labute approximate surface area is 127 Å². The zero-order valence-electron chi connectivity index (χ0n) is 12.3. The maximum absolute atomic E-state index is 12.8. The first kappa shape index (κ1) is 14.7. The van der Waals surface area contributed by atoms with Crippen LogP contribution in [0.4, 0.5) is 0 Å². The van der Waals surface area contributed by atoms with Crippen molar-refractivity contribution in [3.63, 3.8) is 0 Å². The topological polar surface area (TPSA) is 78.9 Å². The molecular weight excluding hydrogens is 288 g/mol. The van der Waals surface area contributed by atoms with Gasteiger partial charge in [-0.1, -0.05) is 18.2 Å². The summed E-state index contributed by atoms with van der Waals surface area (Å²) in [6.07, 6.45) is -1.37. The Bertz CT molecular complexity index is 640. The van der Waals surface area contributed by atoms with Gasteiger partial charge in [0.2, 0.25) is 0 Å². The number of benzene rings is 1. The van der Waals surface area contributed by atoms with Gasteiger partial charge in [-0.05, 0) is 6.07 Å². The number of ether oxygens (including phenoxy) is 3. The Hall–Kier alpha value is -2.21. The molecule has 6 heteroatoms. The van der Waals surface area contributed by atoms with Crippen molar-refractivity contribution in [1.29, 1.82) is 0 Å². The third kappa shape index (κ3) is 1.80. The highest BCUT2D eigenvalue weighted by atomic mass is 16.5. The van der Waals surface area contributed by atoms with E-state index < -0.39 is 29.4 Å². The van der Waals surface area contributed by atoms with Gasteiger partial charge in [-0.25, -0.2) is 4.79 Å². The molecule has 1 aromatic carbocycles. The number of carbonyl (C=O) groups excluding carboxylic acids is 3. The fourth-order valence-corrected chi connectivity index (χ4v) is 3.52. The molecule has 0 amide bonds. The maximum atomic E-state index is 12.8. The molecule has 1 aromatic rings. The molecule has 0 spiro atoms. The average Bonchev–Trinajstić information content (AvgIpc) is 2.87. The monoisotopic (exact) mass is 304 g/mol. The first-order valence-electron chi connectivity index (χ1n) is 6.99. The largest absolute Gasteiger partial charge is 0.488 e. The van der Waals surface area contributed by atoms with E-state index in [2.05, 4.69) is 4.74 Å². The smallest absolute Gasteiger partial charge is 0.375 e. The van der Waals surface area contributed by atoms with Crippen LogP contribution in [0.2, 0.25) is 0 Å². The van der Waals surface area contributed by atoms with Crippen LogP contribution in [0.3, 0.4) is 0 Å². The Morgan fingerprint density at radius 1 is 1.23 bits per heavy atom. The van der Waals surface area contributed by atoms with Gasteiger partial charge in [0.25, 0.3) is 5.78 Å². The van der Waals surface area contributed by atoms with E-state index in [1.807, 2.05) is 0 Å². The van der Waals surface area contributed by atoms with Crippen LogP contribution in [0.5, 0.6) is 5.75 Å². The molecule has 0 N–H and O–H groups in total. The highest BCUT2D eigenvalue weighted by Gasteiger charge is 2.64. The van der Waals surface area contributed by atoms with Gasteiger partial charge in [-0.2, -0.15) is 0 Å². The summed E-state index contributed by atoms with van der Waals surface area (Å²) in [5, 5.41) is 0.